The lowest BCUT2D eigenvalue weighted by atomic mass is 10.2. The van der Waals surface area contributed by atoms with Gasteiger partial charge in [0.15, 0.2) is 0 Å². The third-order valence-corrected chi connectivity index (χ3v) is 4.89. The van der Waals surface area contributed by atoms with Crippen LogP contribution in [0, 0.1) is 6.92 Å². The maximum atomic E-state index is 12.5. The molecule has 3 rings (SSSR count). The highest BCUT2D eigenvalue weighted by Crippen LogP contribution is 2.23. The zero-order chi connectivity index (χ0) is 18.6. The summed E-state index contributed by atoms with van der Waals surface area (Å²) >= 11 is 0. The van der Waals surface area contributed by atoms with Crippen LogP contribution in [0.25, 0.3) is 0 Å². The van der Waals surface area contributed by atoms with Gasteiger partial charge in [-0.15, -0.1) is 0 Å². The predicted molar refractivity (Wildman–Crippen MR) is 97.1 cm³/mol. The summed E-state index contributed by atoms with van der Waals surface area (Å²) in [6.45, 7) is 1.77. The van der Waals surface area contributed by atoms with Gasteiger partial charge in [-0.3, -0.25) is 4.72 Å². The molecule has 0 aliphatic rings. The van der Waals surface area contributed by atoms with Gasteiger partial charge in [0.2, 0.25) is 0 Å². The van der Waals surface area contributed by atoms with E-state index in [4.69, 9.17) is 9.47 Å². The van der Waals surface area contributed by atoms with E-state index in [0.29, 0.717) is 11.5 Å². The topological polar surface area (TPSA) is 90.4 Å². The molecule has 0 fully saturated rings. The number of ether oxygens (including phenoxy) is 2. The van der Waals surface area contributed by atoms with Crippen LogP contribution in [-0.4, -0.2) is 25.5 Å². The number of sulfonamides is 1. The molecule has 8 heteroatoms. The van der Waals surface area contributed by atoms with Crippen LogP contribution in [0.1, 0.15) is 5.56 Å². The van der Waals surface area contributed by atoms with Crippen LogP contribution in [0.5, 0.6) is 17.5 Å². The molecule has 0 aliphatic carbocycles. The number of aromatic nitrogens is 2. The fraction of sp³-hybridized carbons (Fsp3) is 0.111. The van der Waals surface area contributed by atoms with E-state index in [0.717, 1.165) is 5.56 Å². The number of rotatable bonds is 6. The van der Waals surface area contributed by atoms with Crippen LogP contribution in [0.2, 0.25) is 0 Å². The summed E-state index contributed by atoms with van der Waals surface area (Å²) in [5.41, 5.74) is 0.956. The van der Waals surface area contributed by atoms with Gasteiger partial charge in [0, 0.05) is 0 Å². The Morgan fingerprint density at radius 1 is 1.00 bits per heavy atom. The molecular weight excluding hydrogens is 354 g/mol. The van der Waals surface area contributed by atoms with Gasteiger partial charge in [0.1, 0.15) is 11.5 Å². The van der Waals surface area contributed by atoms with E-state index in [2.05, 4.69) is 14.7 Å². The first kappa shape index (κ1) is 17.7. The largest absolute Gasteiger partial charge is 0.496 e. The molecule has 134 valence electrons. The number of para-hydroxylation sites is 1. The fourth-order valence-electron chi connectivity index (χ4n) is 2.25. The standard InChI is InChI=1S/C18H17N3O4S/c1-13-10-16(8-9-17(13)24-2)26(22,23)21-14-11-19-18(20-12-14)25-15-6-4-3-5-7-15/h3-12,21H,1-2H3. The molecule has 0 bridgehead atoms. The Kier molecular flexibility index (Phi) is 5.04. The van der Waals surface area contributed by atoms with Crippen molar-refractivity contribution in [1.29, 1.82) is 0 Å². The summed E-state index contributed by atoms with van der Waals surface area (Å²) in [5, 5.41) is 0. The SMILES string of the molecule is COc1ccc(S(=O)(=O)Nc2cnc(Oc3ccccc3)nc2)cc1C. The second-order valence-corrected chi connectivity index (χ2v) is 7.09. The van der Waals surface area contributed by atoms with Crippen LogP contribution < -0.4 is 14.2 Å². The first-order valence-electron chi connectivity index (χ1n) is 7.70. The minimum absolute atomic E-state index is 0.124. The molecule has 1 N–H and O–H groups in total. The maximum absolute atomic E-state index is 12.5. The van der Waals surface area contributed by atoms with Gasteiger partial charge in [-0.25, -0.2) is 18.4 Å². The van der Waals surface area contributed by atoms with Crippen LogP contribution in [0.4, 0.5) is 5.69 Å². The summed E-state index contributed by atoms with van der Waals surface area (Å²) in [6, 6.07) is 13.8. The van der Waals surface area contributed by atoms with E-state index in [1.54, 1.807) is 25.1 Å². The summed E-state index contributed by atoms with van der Waals surface area (Å²) in [5.74, 6) is 1.21. The highest BCUT2D eigenvalue weighted by Gasteiger charge is 2.16. The van der Waals surface area contributed by atoms with E-state index in [1.165, 1.54) is 31.6 Å². The van der Waals surface area contributed by atoms with Gasteiger partial charge in [-0.2, -0.15) is 0 Å². The van der Waals surface area contributed by atoms with Gasteiger partial charge in [0.05, 0.1) is 30.1 Å². The third-order valence-electron chi connectivity index (χ3n) is 3.51. The molecule has 0 atom stereocenters. The summed E-state index contributed by atoms with van der Waals surface area (Å²) in [7, 11) is -2.23. The van der Waals surface area contributed by atoms with Gasteiger partial charge in [0.25, 0.3) is 10.0 Å². The van der Waals surface area contributed by atoms with E-state index in [1.807, 2.05) is 18.2 Å². The van der Waals surface area contributed by atoms with Crippen LogP contribution in [0.3, 0.4) is 0 Å². The highest BCUT2D eigenvalue weighted by molar-refractivity contribution is 7.92. The van der Waals surface area contributed by atoms with Crippen LogP contribution in [0.15, 0.2) is 65.8 Å². The van der Waals surface area contributed by atoms with Gasteiger partial charge in [-0.1, -0.05) is 18.2 Å². The molecule has 0 unspecified atom stereocenters. The predicted octanol–water partition coefficient (Wildman–Crippen LogP) is 3.39. The van der Waals surface area contributed by atoms with Gasteiger partial charge >= 0.3 is 6.01 Å². The van der Waals surface area contributed by atoms with Crippen molar-refractivity contribution in [2.75, 3.05) is 11.8 Å². The Morgan fingerprint density at radius 3 is 2.31 bits per heavy atom. The maximum Gasteiger partial charge on any atom is 0.322 e. The van der Waals surface area contributed by atoms with Crippen LogP contribution in [-0.2, 0) is 10.0 Å². The number of hydrogen-bond acceptors (Lipinski definition) is 6. The van der Waals surface area contributed by atoms with Crippen molar-refractivity contribution < 1.29 is 17.9 Å². The molecule has 0 spiro atoms. The number of hydrogen-bond donors (Lipinski definition) is 1. The Hall–Kier alpha value is -3.13. The van der Waals surface area contributed by atoms with Gasteiger partial charge < -0.3 is 9.47 Å². The third kappa shape index (κ3) is 4.09. The number of nitrogens with zero attached hydrogens (tertiary/aromatic N) is 2. The van der Waals surface area contributed by atoms with Crippen molar-refractivity contribution in [3.05, 3.63) is 66.5 Å². The van der Waals surface area contributed by atoms with E-state index >= 15 is 0 Å². The molecule has 7 nitrogen and oxygen atoms in total. The lowest BCUT2D eigenvalue weighted by Crippen LogP contribution is -2.13. The lowest BCUT2D eigenvalue weighted by molar-refractivity contribution is 0.411. The minimum Gasteiger partial charge on any atom is -0.496 e. The fourth-order valence-corrected chi connectivity index (χ4v) is 3.36. The minimum atomic E-state index is -3.76. The molecule has 26 heavy (non-hydrogen) atoms. The first-order chi connectivity index (χ1) is 12.5. The Bertz CT molecular complexity index is 991. The number of anilines is 1. The number of benzene rings is 2. The van der Waals surface area contributed by atoms with E-state index < -0.39 is 10.0 Å². The summed E-state index contributed by atoms with van der Waals surface area (Å²) in [6.07, 6.45) is 2.69. The monoisotopic (exact) mass is 371 g/mol. The summed E-state index contributed by atoms with van der Waals surface area (Å²) in [4.78, 5) is 8.16. The normalized spacial score (nSPS) is 11.0. The molecule has 0 aliphatic heterocycles. The number of nitrogens with one attached hydrogen (secondary N) is 1. The van der Waals surface area contributed by atoms with Gasteiger partial charge in [-0.05, 0) is 42.8 Å². The zero-order valence-electron chi connectivity index (χ0n) is 14.2. The first-order valence-corrected chi connectivity index (χ1v) is 9.19. The second kappa shape index (κ2) is 7.40. The van der Waals surface area contributed by atoms with Crippen molar-refractivity contribution >= 4 is 15.7 Å². The quantitative estimate of drug-likeness (QED) is 0.714. The molecule has 1 heterocycles. The Morgan fingerprint density at radius 2 is 1.69 bits per heavy atom. The molecule has 0 saturated heterocycles. The molecule has 0 amide bonds. The van der Waals surface area contributed by atoms with Crippen molar-refractivity contribution in [3.63, 3.8) is 0 Å². The Labute approximate surface area is 151 Å². The second-order valence-electron chi connectivity index (χ2n) is 5.41. The summed E-state index contributed by atoms with van der Waals surface area (Å²) < 4.78 is 38.0. The molecule has 0 radical (unpaired) electrons. The smallest absolute Gasteiger partial charge is 0.322 e. The van der Waals surface area contributed by atoms with E-state index in [9.17, 15) is 8.42 Å². The molecular formula is C18H17N3O4S. The Balaban J connectivity index is 1.74. The number of aryl methyl sites for hydroxylation is 1. The van der Waals surface area contributed by atoms with Crippen molar-refractivity contribution in [1.82, 2.24) is 9.97 Å². The zero-order valence-corrected chi connectivity index (χ0v) is 15.0. The van der Waals surface area contributed by atoms with Crippen molar-refractivity contribution in [2.24, 2.45) is 0 Å². The lowest BCUT2D eigenvalue weighted by Gasteiger charge is -2.10. The van der Waals surface area contributed by atoms with Crippen molar-refractivity contribution in [2.45, 2.75) is 11.8 Å². The highest BCUT2D eigenvalue weighted by atomic mass is 32.2. The molecule has 0 saturated carbocycles. The number of methoxy groups -OCH3 is 1. The van der Waals surface area contributed by atoms with E-state index in [-0.39, 0.29) is 16.6 Å². The van der Waals surface area contributed by atoms with Crippen molar-refractivity contribution in [3.8, 4) is 17.5 Å². The molecule has 2 aromatic carbocycles. The molecule has 3 aromatic rings. The molecule has 1 aromatic heterocycles. The average molecular weight is 371 g/mol. The average Bonchev–Trinajstić information content (AvgIpc) is 2.64. The van der Waals surface area contributed by atoms with Crippen LogP contribution >= 0.6 is 0 Å².